The molecule has 102 valence electrons. The van der Waals surface area contributed by atoms with Crippen molar-refractivity contribution in [3.63, 3.8) is 0 Å². The number of hydrogen-bond donors (Lipinski definition) is 0. The quantitative estimate of drug-likeness (QED) is 0.768. The summed E-state index contributed by atoms with van der Waals surface area (Å²) in [5, 5.41) is 0. The summed E-state index contributed by atoms with van der Waals surface area (Å²) in [6.45, 7) is 0. The van der Waals surface area contributed by atoms with Crippen LogP contribution in [0.25, 0.3) is 0 Å². The van der Waals surface area contributed by atoms with E-state index in [4.69, 9.17) is 4.74 Å². The Hall–Kier alpha value is -1.42. The molecule has 2 aliphatic heterocycles. The summed E-state index contributed by atoms with van der Waals surface area (Å²) in [4.78, 5) is 14.4. The van der Waals surface area contributed by atoms with Crippen molar-refractivity contribution in [2.75, 3.05) is 7.05 Å². The lowest BCUT2D eigenvalue weighted by atomic mass is 10.0. The van der Waals surface area contributed by atoms with Crippen LogP contribution in [0.1, 0.15) is 42.5 Å². The maximum atomic E-state index is 12.9. The van der Waals surface area contributed by atoms with Gasteiger partial charge < -0.3 is 4.74 Å². The van der Waals surface area contributed by atoms with E-state index in [0.717, 1.165) is 25.7 Å². The smallest absolute Gasteiger partial charge is 0.339 e. The summed E-state index contributed by atoms with van der Waals surface area (Å²) in [6, 6.07) is 6.06. The summed E-state index contributed by atoms with van der Waals surface area (Å²) >= 11 is 0. The number of piperidine rings is 1. The zero-order chi connectivity index (χ0) is 13.5. The molecule has 0 aromatic heterocycles. The highest BCUT2D eigenvalue weighted by Crippen LogP contribution is 2.43. The normalized spacial score (nSPS) is 30.3. The molecule has 2 fully saturated rings. The van der Waals surface area contributed by atoms with Gasteiger partial charge in [0.1, 0.15) is 5.82 Å². The summed E-state index contributed by atoms with van der Waals surface area (Å²) in [7, 11) is 2.04. The fourth-order valence-electron chi connectivity index (χ4n) is 3.34. The number of benzene rings is 1. The molecule has 1 aromatic rings. The first-order valence-corrected chi connectivity index (χ1v) is 6.83. The zero-order valence-corrected chi connectivity index (χ0v) is 11.1. The molecule has 2 aliphatic rings. The van der Waals surface area contributed by atoms with Crippen LogP contribution in [0.3, 0.4) is 0 Å². The first kappa shape index (κ1) is 12.6. The van der Waals surface area contributed by atoms with Crippen molar-refractivity contribution < 1.29 is 13.9 Å². The van der Waals surface area contributed by atoms with Crippen LogP contribution in [0.5, 0.6) is 0 Å². The molecule has 2 saturated heterocycles. The lowest BCUT2D eigenvalue weighted by molar-refractivity contribution is -0.116. The third-order valence-electron chi connectivity index (χ3n) is 4.53. The van der Waals surface area contributed by atoms with Crippen molar-refractivity contribution in [2.45, 2.75) is 43.9 Å². The molecule has 4 heteroatoms. The van der Waals surface area contributed by atoms with Crippen molar-refractivity contribution in [1.82, 2.24) is 4.90 Å². The van der Waals surface area contributed by atoms with E-state index >= 15 is 0 Å². The third kappa shape index (κ3) is 2.14. The van der Waals surface area contributed by atoms with E-state index in [-0.39, 0.29) is 11.8 Å². The van der Waals surface area contributed by atoms with Gasteiger partial charge >= 0.3 is 5.97 Å². The van der Waals surface area contributed by atoms with Gasteiger partial charge in [0.05, 0.1) is 5.56 Å². The standard InChI is InChI=1S/C15H18FNO2/c1-17-13-3-2-9-15(17,10-8-13)19-14(18)11-4-6-12(16)7-5-11/h4-7,13H,2-3,8-10H2,1H3/t13-,15-/m1/s1. The Bertz CT molecular complexity index is 483. The molecule has 0 aliphatic carbocycles. The molecule has 2 bridgehead atoms. The Labute approximate surface area is 112 Å². The predicted molar refractivity (Wildman–Crippen MR) is 69.2 cm³/mol. The van der Waals surface area contributed by atoms with Crippen LogP contribution in [0.4, 0.5) is 4.39 Å². The van der Waals surface area contributed by atoms with Crippen LogP contribution in [0.2, 0.25) is 0 Å². The fourth-order valence-corrected chi connectivity index (χ4v) is 3.34. The Balaban J connectivity index is 1.77. The van der Waals surface area contributed by atoms with Gasteiger partial charge in [-0.3, -0.25) is 4.90 Å². The Morgan fingerprint density at radius 1 is 1.32 bits per heavy atom. The van der Waals surface area contributed by atoms with Gasteiger partial charge in [0.25, 0.3) is 0 Å². The number of carbonyl (C=O) groups excluding carboxylic acids is 1. The molecule has 2 heterocycles. The lowest BCUT2D eigenvalue weighted by Crippen LogP contribution is -2.50. The number of esters is 1. The molecule has 0 radical (unpaired) electrons. The highest BCUT2D eigenvalue weighted by molar-refractivity contribution is 5.89. The molecule has 3 rings (SSSR count). The molecule has 0 amide bonds. The molecule has 2 atom stereocenters. The monoisotopic (exact) mass is 263 g/mol. The molecule has 0 N–H and O–H groups in total. The highest BCUT2D eigenvalue weighted by atomic mass is 19.1. The van der Waals surface area contributed by atoms with Crippen LogP contribution in [-0.2, 0) is 4.74 Å². The lowest BCUT2D eigenvalue weighted by Gasteiger charge is -2.41. The van der Waals surface area contributed by atoms with Gasteiger partial charge in [-0.05, 0) is 50.6 Å². The molecular weight excluding hydrogens is 245 g/mol. The van der Waals surface area contributed by atoms with E-state index in [1.807, 2.05) is 7.05 Å². The number of ether oxygens (including phenoxy) is 1. The molecule has 3 nitrogen and oxygen atoms in total. The van der Waals surface area contributed by atoms with Gasteiger partial charge in [0.15, 0.2) is 5.72 Å². The number of hydrogen-bond acceptors (Lipinski definition) is 3. The fraction of sp³-hybridized carbons (Fsp3) is 0.533. The Kier molecular flexibility index (Phi) is 3.05. The number of nitrogens with zero attached hydrogens (tertiary/aromatic N) is 1. The summed E-state index contributed by atoms with van der Waals surface area (Å²) in [6.07, 6.45) is 5.18. The Morgan fingerprint density at radius 3 is 2.79 bits per heavy atom. The molecule has 0 spiro atoms. The number of fused-ring (bicyclic) bond motifs is 2. The molecular formula is C15H18FNO2. The average molecular weight is 263 g/mol. The predicted octanol–water partition coefficient (Wildman–Crippen LogP) is 2.96. The first-order valence-electron chi connectivity index (χ1n) is 6.83. The Morgan fingerprint density at radius 2 is 2.05 bits per heavy atom. The maximum absolute atomic E-state index is 12.9. The minimum atomic E-state index is -0.436. The van der Waals surface area contributed by atoms with Crippen LogP contribution in [0, 0.1) is 5.82 Å². The van der Waals surface area contributed by atoms with E-state index < -0.39 is 5.72 Å². The van der Waals surface area contributed by atoms with Gasteiger partial charge in [-0.15, -0.1) is 0 Å². The number of rotatable bonds is 2. The third-order valence-corrected chi connectivity index (χ3v) is 4.53. The number of halogens is 1. The second kappa shape index (κ2) is 4.60. The summed E-state index contributed by atoms with van der Waals surface area (Å²) in [5.74, 6) is -0.695. The van der Waals surface area contributed by atoms with Crippen LogP contribution in [-0.4, -0.2) is 29.7 Å². The summed E-state index contributed by atoms with van der Waals surface area (Å²) < 4.78 is 18.6. The van der Waals surface area contributed by atoms with Gasteiger partial charge in [-0.2, -0.15) is 0 Å². The zero-order valence-electron chi connectivity index (χ0n) is 11.1. The van der Waals surface area contributed by atoms with E-state index in [9.17, 15) is 9.18 Å². The molecule has 1 aromatic carbocycles. The number of carbonyl (C=O) groups is 1. The van der Waals surface area contributed by atoms with Crippen molar-refractivity contribution in [3.05, 3.63) is 35.6 Å². The van der Waals surface area contributed by atoms with E-state index in [1.54, 1.807) is 0 Å². The topological polar surface area (TPSA) is 29.5 Å². The van der Waals surface area contributed by atoms with Crippen molar-refractivity contribution in [3.8, 4) is 0 Å². The largest absolute Gasteiger partial charge is 0.440 e. The second-order valence-electron chi connectivity index (χ2n) is 5.54. The van der Waals surface area contributed by atoms with Crippen molar-refractivity contribution in [1.29, 1.82) is 0 Å². The maximum Gasteiger partial charge on any atom is 0.339 e. The van der Waals surface area contributed by atoms with E-state index in [1.165, 1.54) is 30.7 Å². The van der Waals surface area contributed by atoms with Gasteiger partial charge in [0, 0.05) is 18.9 Å². The van der Waals surface area contributed by atoms with E-state index in [2.05, 4.69) is 4.90 Å². The average Bonchev–Trinajstić information content (AvgIpc) is 2.60. The second-order valence-corrected chi connectivity index (χ2v) is 5.54. The van der Waals surface area contributed by atoms with Crippen LogP contribution < -0.4 is 0 Å². The highest BCUT2D eigenvalue weighted by Gasteiger charge is 2.49. The minimum Gasteiger partial charge on any atom is -0.440 e. The van der Waals surface area contributed by atoms with Gasteiger partial charge in [0.2, 0.25) is 0 Å². The first-order chi connectivity index (χ1) is 9.11. The molecule has 19 heavy (non-hydrogen) atoms. The van der Waals surface area contributed by atoms with Crippen molar-refractivity contribution in [2.24, 2.45) is 0 Å². The molecule has 0 saturated carbocycles. The minimum absolute atomic E-state index is 0.342. The van der Waals surface area contributed by atoms with Crippen LogP contribution in [0.15, 0.2) is 24.3 Å². The summed E-state index contributed by atoms with van der Waals surface area (Å²) in [5.41, 5.74) is -0.0211. The SMILES string of the molecule is CN1[C@@H]2CCC[C@@]1(OC(=O)c1ccc(F)cc1)CC2. The van der Waals surface area contributed by atoms with Gasteiger partial charge in [-0.1, -0.05) is 0 Å². The molecule has 0 unspecified atom stereocenters. The van der Waals surface area contributed by atoms with E-state index in [0.29, 0.717) is 11.6 Å². The van der Waals surface area contributed by atoms with Crippen molar-refractivity contribution >= 4 is 5.97 Å². The van der Waals surface area contributed by atoms with Gasteiger partial charge in [-0.25, -0.2) is 9.18 Å². The van der Waals surface area contributed by atoms with Crippen LogP contribution >= 0.6 is 0 Å².